The molecule has 2 aromatic rings. The van der Waals surface area contributed by atoms with Crippen LogP contribution in [0.25, 0.3) is 0 Å². The predicted octanol–water partition coefficient (Wildman–Crippen LogP) is 4.54. The van der Waals surface area contributed by atoms with Gasteiger partial charge in [0.15, 0.2) is 0 Å². The molecule has 2 heterocycles. The number of halogens is 2. The molecule has 0 bridgehead atoms. The van der Waals surface area contributed by atoms with E-state index in [0.717, 1.165) is 43.0 Å². The van der Waals surface area contributed by atoms with Gasteiger partial charge in [-0.15, -0.1) is 12.4 Å². The zero-order valence-corrected chi connectivity index (χ0v) is 17.7. The van der Waals surface area contributed by atoms with Gasteiger partial charge in [0.05, 0.1) is 13.0 Å². The van der Waals surface area contributed by atoms with E-state index >= 15 is 0 Å². The van der Waals surface area contributed by atoms with Crippen molar-refractivity contribution in [1.29, 1.82) is 0 Å². The summed E-state index contributed by atoms with van der Waals surface area (Å²) >= 11 is 6.02. The molecule has 4 rings (SSSR count). The first kappa shape index (κ1) is 21.8. The summed E-state index contributed by atoms with van der Waals surface area (Å²) < 4.78 is 11.9. The van der Waals surface area contributed by atoms with Crippen molar-refractivity contribution in [3.8, 4) is 11.5 Å². The topological polar surface area (TPSA) is 59.0 Å². The minimum Gasteiger partial charge on any atom is -0.492 e. The van der Waals surface area contributed by atoms with Crippen molar-refractivity contribution in [2.45, 2.75) is 31.3 Å². The number of nitrogens with zero attached hydrogens (tertiary/aromatic N) is 1. The van der Waals surface area contributed by atoms with Gasteiger partial charge in [0.25, 0.3) is 0 Å². The molecule has 2 aliphatic heterocycles. The lowest BCUT2D eigenvalue weighted by Crippen LogP contribution is -2.44. The molecule has 1 fully saturated rings. The van der Waals surface area contributed by atoms with Crippen LogP contribution in [0.1, 0.15) is 30.4 Å². The number of carboxylic acids is 1. The molecule has 0 aliphatic carbocycles. The number of piperidine rings is 1. The van der Waals surface area contributed by atoms with Crippen molar-refractivity contribution in [3.63, 3.8) is 0 Å². The van der Waals surface area contributed by atoms with Crippen LogP contribution in [-0.4, -0.2) is 42.2 Å². The number of fused-ring (bicyclic) bond motifs is 2. The van der Waals surface area contributed by atoms with Gasteiger partial charge in [-0.1, -0.05) is 29.8 Å². The van der Waals surface area contributed by atoms with E-state index in [4.69, 9.17) is 26.2 Å². The van der Waals surface area contributed by atoms with Crippen LogP contribution in [0.15, 0.2) is 42.5 Å². The van der Waals surface area contributed by atoms with Crippen LogP contribution in [-0.2, 0) is 16.8 Å². The lowest BCUT2D eigenvalue weighted by atomic mass is 9.74. The molecule has 0 unspecified atom stereocenters. The van der Waals surface area contributed by atoms with Crippen molar-refractivity contribution in [2.75, 3.05) is 26.2 Å². The summed E-state index contributed by atoms with van der Waals surface area (Å²) in [6.07, 6.45) is 2.18. The minimum atomic E-state index is -0.736. The van der Waals surface area contributed by atoms with Crippen LogP contribution in [0.3, 0.4) is 0 Å². The van der Waals surface area contributed by atoms with Gasteiger partial charge in [0.2, 0.25) is 0 Å². The number of rotatable bonds is 6. The summed E-state index contributed by atoms with van der Waals surface area (Å²) in [4.78, 5) is 13.0. The highest BCUT2D eigenvalue weighted by Crippen LogP contribution is 2.46. The van der Waals surface area contributed by atoms with Gasteiger partial charge < -0.3 is 19.5 Å². The molecule has 156 valence electrons. The molecule has 0 atom stereocenters. The van der Waals surface area contributed by atoms with Crippen LogP contribution in [0.5, 0.6) is 11.5 Å². The molecule has 1 spiro atoms. The van der Waals surface area contributed by atoms with Gasteiger partial charge in [0, 0.05) is 28.6 Å². The van der Waals surface area contributed by atoms with Crippen molar-refractivity contribution in [1.82, 2.24) is 4.90 Å². The average Bonchev–Trinajstić information content (AvgIpc) is 3.04. The van der Waals surface area contributed by atoms with E-state index in [1.54, 1.807) is 0 Å². The summed E-state index contributed by atoms with van der Waals surface area (Å²) in [6, 6.07) is 13.8. The number of aliphatic carboxylic acids is 1. The smallest absolute Gasteiger partial charge is 0.304 e. The average molecular weight is 438 g/mol. The summed E-state index contributed by atoms with van der Waals surface area (Å²) in [7, 11) is 0. The number of benzene rings is 2. The molecule has 1 N–H and O–H groups in total. The van der Waals surface area contributed by atoms with E-state index in [2.05, 4.69) is 11.0 Å². The number of hydrogen-bond donors (Lipinski definition) is 1. The fourth-order valence-corrected chi connectivity index (χ4v) is 4.32. The normalized spacial score (nSPS) is 17.3. The number of likely N-dealkylation sites (tertiary alicyclic amines) is 1. The Morgan fingerprint density at radius 3 is 2.72 bits per heavy atom. The monoisotopic (exact) mass is 437 g/mol. The second-order valence-corrected chi connectivity index (χ2v) is 8.07. The zero-order valence-electron chi connectivity index (χ0n) is 16.1. The Hall–Kier alpha value is -1.95. The van der Waals surface area contributed by atoms with Gasteiger partial charge in [-0.05, 0) is 49.7 Å². The van der Waals surface area contributed by atoms with Gasteiger partial charge >= 0.3 is 5.97 Å². The van der Waals surface area contributed by atoms with E-state index in [-0.39, 0.29) is 24.2 Å². The molecule has 0 amide bonds. The fourth-order valence-electron chi connectivity index (χ4n) is 4.11. The minimum absolute atomic E-state index is 0. The summed E-state index contributed by atoms with van der Waals surface area (Å²) in [5, 5.41) is 9.57. The van der Waals surface area contributed by atoms with Crippen LogP contribution in [0.4, 0.5) is 0 Å². The maximum absolute atomic E-state index is 10.8. The molecular formula is C22H25Cl2NO4. The molecule has 0 aromatic heterocycles. The Kier molecular flexibility index (Phi) is 6.93. The van der Waals surface area contributed by atoms with Gasteiger partial charge in [0.1, 0.15) is 18.1 Å². The highest BCUT2D eigenvalue weighted by molar-refractivity contribution is 6.30. The van der Waals surface area contributed by atoms with Crippen molar-refractivity contribution in [3.05, 3.63) is 58.6 Å². The maximum atomic E-state index is 10.8. The third-order valence-electron chi connectivity index (χ3n) is 5.78. The third kappa shape index (κ3) is 4.97. The molecule has 2 aromatic carbocycles. The lowest BCUT2D eigenvalue weighted by molar-refractivity contribution is -0.137. The van der Waals surface area contributed by atoms with E-state index in [9.17, 15) is 4.79 Å². The lowest BCUT2D eigenvalue weighted by Gasteiger charge is -2.38. The van der Waals surface area contributed by atoms with E-state index in [0.29, 0.717) is 24.8 Å². The highest BCUT2D eigenvalue weighted by atomic mass is 35.5. The van der Waals surface area contributed by atoms with Gasteiger partial charge in [-0.3, -0.25) is 4.79 Å². The van der Waals surface area contributed by atoms with Crippen LogP contribution in [0.2, 0.25) is 5.02 Å². The highest BCUT2D eigenvalue weighted by Gasteiger charge is 2.43. The van der Waals surface area contributed by atoms with Crippen LogP contribution < -0.4 is 9.47 Å². The first-order chi connectivity index (χ1) is 13.5. The molecule has 29 heavy (non-hydrogen) atoms. The molecule has 5 nitrogen and oxygen atoms in total. The Morgan fingerprint density at radius 1 is 1.21 bits per heavy atom. The van der Waals surface area contributed by atoms with Crippen LogP contribution in [0, 0.1) is 0 Å². The van der Waals surface area contributed by atoms with Crippen molar-refractivity contribution >= 4 is 30.0 Å². The number of carbonyl (C=O) groups is 1. The van der Waals surface area contributed by atoms with E-state index in [1.165, 1.54) is 5.56 Å². The Labute approximate surface area is 182 Å². The molecule has 0 saturated carbocycles. The second kappa shape index (κ2) is 9.24. The second-order valence-electron chi connectivity index (χ2n) is 7.63. The van der Waals surface area contributed by atoms with E-state index < -0.39 is 5.97 Å². The molecular weight excluding hydrogens is 413 g/mol. The predicted molar refractivity (Wildman–Crippen MR) is 115 cm³/mol. The van der Waals surface area contributed by atoms with Crippen molar-refractivity contribution in [2.24, 2.45) is 0 Å². The Balaban J connectivity index is 0.00000240. The van der Waals surface area contributed by atoms with Crippen molar-refractivity contribution < 1.29 is 19.4 Å². The Morgan fingerprint density at radius 2 is 2.00 bits per heavy atom. The van der Waals surface area contributed by atoms with Crippen LogP contribution >= 0.6 is 24.0 Å². The third-order valence-corrected chi connectivity index (χ3v) is 6.01. The molecule has 2 aliphatic rings. The van der Waals surface area contributed by atoms with E-state index in [1.807, 2.05) is 36.4 Å². The van der Waals surface area contributed by atoms with Gasteiger partial charge in [-0.2, -0.15) is 0 Å². The number of hydrogen-bond acceptors (Lipinski definition) is 4. The standard InChI is InChI=1S/C22H24ClNO4.ClH/c23-17-3-1-2-16(12-17)14-27-18-4-5-19-20(13-18)28-15-22(19)7-10-24(11-8-22)9-6-21(25)26;/h1-5,12-13H,6-11,14-15H2,(H,25,26);1H. The first-order valence-corrected chi connectivity index (χ1v) is 10.0. The molecule has 0 radical (unpaired) electrons. The number of carboxylic acid groups (broad SMARTS) is 1. The Bertz CT molecular complexity index is 866. The SMILES string of the molecule is Cl.O=C(O)CCN1CCC2(CC1)COc1cc(OCc3cccc(Cl)c3)ccc12. The number of ether oxygens (including phenoxy) is 2. The molecule has 7 heteroatoms. The fraction of sp³-hybridized carbons (Fsp3) is 0.409. The maximum Gasteiger partial charge on any atom is 0.304 e. The first-order valence-electron chi connectivity index (χ1n) is 9.63. The zero-order chi connectivity index (χ0) is 19.6. The summed E-state index contributed by atoms with van der Waals surface area (Å²) in [5.74, 6) is 0.956. The largest absolute Gasteiger partial charge is 0.492 e. The summed E-state index contributed by atoms with van der Waals surface area (Å²) in [5.41, 5.74) is 2.32. The van der Waals surface area contributed by atoms with Gasteiger partial charge in [-0.25, -0.2) is 0 Å². The summed E-state index contributed by atoms with van der Waals surface area (Å²) in [6.45, 7) is 3.58. The quantitative estimate of drug-likeness (QED) is 0.718. The molecule has 1 saturated heterocycles.